The van der Waals surface area contributed by atoms with Crippen LogP contribution < -0.4 is 10.4 Å². The number of carbonyl (C=O) groups excluding carboxylic acids is 1. The molecule has 1 heterocycles. The van der Waals surface area contributed by atoms with Gasteiger partial charge < -0.3 is 9.15 Å². The Bertz CT molecular complexity index is 667. The van der Waals surface area contributed by atoms with Crippen LogP contribution >= 0.6 is 0 Å². The van der Waals surface area contributed by atoms with Crippen molar-refractivity contribution in [2.75, 3.05) is 0 Å². The fraction of sp³-hybridized carbons (Fsp3) is 0.286. The van der Waals surface area contributed by atoms with E-state index in [0.29, 0.717) is 23.3 Å². The van der Waals surface area contributed by atoms with Crippen molar-refractivity contribution in [2.24, 2.45) is 0 Å². The first-order valence-corrected chi connectivity index (χ1v) is 5.77. The van der Waals surface area contributed by atoms with Crippen molar-refractivity contribution in [1.29, 1.82) is 0 Å². The van der Waals surface area contributed by atoms with Crippen molar-refractivity contribution in [3.8, 4) is 5.75 Å². The number of fused-ring (bicyclic) bond motifs is 1. The average molecular weight is 246 g/mol. The van der Waals surface area contributed by atoms with E-state index in [1.54, 1.807) is 32.0 Å². The van der Waals surface area contributed by atoms with Crippen LogP contribution in [0.2, 0.25) is 0 Å². The largest absolute Gasteiger partial charge is 0.426 e. The first-order valence-electron chi connectivity index (χ1n) is 5.77. The molecule has 0 saturated heterocycles. The van der Waals surface area contributed by atoms with E-state index in [9.17, 15) is 9.59 Å². The van der Waals surface area contributed by atoms with E-state index in [1.165, 1.54) is 0 Å². The molecule has 2 aromatic rings. The number of ether oxygens (including phenoxy) is 1. The summed E-state index contributed by atoms with van der Waals surface area (Å²) < 4.78 is 10.3. The van der Waals surface area contributed by atoms with Crippen LogP contribution in [0, 0.1) is 13.8 Å². The molecule has 0 amide bonds. The van der Waals surface area contributed by atoms with Crippen molar-refractivity contribution in [2.45, 2.75) is 27.2 Å². The Morgan fingerprint density at radius 2 is 2.00 bits per heavy atom. The van der Waals surface area contributed by atoms with Crippen molar-refractivity contribution in [1.82, 2.24) is 0 Å². The maximum absolute atomic E-state index is 11.6. The number of benzene rings is 1. The maximum atomic E-state index is 11.6. The Morgan fingerprint density at radius 1 is 1.28 bits per heavy atom. The van der Waals surface area contributed by atoms with Crippen LogP contribution in [0.15, 0.2) is 27.4 Å². The van der Waals surface area contributed by atoms with Crippen molar-refractivity contribution in [3.05, 3.63) is 39.7 Å². The minimum Gasteiger partial charge on any atom is -0.426 e. The van der Waals surface area contributed by atoms with Gasteiger partial charge in [0.05, 0.1) is 0 Å². The average Bonchev–Trinajstić information content (AvgIpc) is 2.35. The predicted molar refractivity (Wildman–Crippen MR) is 67.9 cm³/mol. The van der Waals surface area contributed by atoms with Gasteiger partial charge in [0.25, 0.3) is 0 Å². The highest BCUT2D eigenvalue weighted by Crippen LogP contribution is 2.23. The van der Waals surface area contributed by atoms with Crippen LogP contribution in [0.3, 0.4) is 0 Å². The number of esters is 1. The molecule has 0 atom stereocenters. The minimum absolute atomic E-state index is 0.301. The van der Waals surface area contributed by atoms with Gasteiger partial charge in [-0.05, 0) is 31.5 Å². The molecule has 4 nitrogen and oxygen atoms in total. The third-order valence-electron chi connectivity index (χ3n) is 2.95. The van der Waals surface area contributed by atoms with Crippen molar-refractivity contribution >= 4 is 16.9 Å². The summed E-state index contributed by atoms with van der Waals surface area (Å²) in [6, 6.07) is 5.05. The lowest BCUT2D eigenvalue weighted by molar-refractivity contribution is -0.134. The zero-order valence-electron chi connectivity index (χ0n) is 10.6. The van der Waals surface area contributed by atoms with E-state index < -0.39 is 0 Å². The minimum atomic E-state index is -0.362. The van der Waals surface area contributed by atoms with Crippen LogP contribution in [0.25, 0.3) is 11.0 Å². The fourth-order valence-corrected chi connectivity index (χ4v) is 1.70. The molecule has 0 N–H and O–H groups in total. The molecule has 4 heteroatoms. The molecule has 0 unspecified atom stereocenters. The molecule has 0 bridgehead atoms. The van der Waals surface area contributed by atoms with Gasteiger partial charge in [0.15, 0.2) is 0 Å². The number of aryl methyl sites for hydroxylation is 1. The number of rotatable bonds is 2. The smallest absolute Gasteiger partial charge is 0.339 e. The van der Waals surface area contributed by atoms with Gasteiger partial charge in [-0.3, -0.25) is 4.79 Å². The van der Waals surface area contributed by atoms with E-state index >= 15 is 0 Å². The summed E-state index contributed by atoms with van der Waals surface area (Å²) in [5.41, 5.74) is 1.55. The lowest BCUT2D eigenvalue weighted by Gasteiger charge is -2.06. The molecular formula is C14H14O4. The van der Waals surface area contributed by atoms with Crippen LogP contribution in [-0.2, 0) is 4.79 Å². The summed E-state index contributed by atoms with van der Waals surface area (Å²) in [4.78, 5) is 22.8. The fourth-order valence-electron chi connectivity index (χ4n) is 1.70. The van der Waals surface area contributed by atoms with E-state index in [-0.39, 0.29) is 11.6 Å². The zero-order chi connectivity index (χ0) is 13.3. The molecule has 0 aliphatic heterocycles. The van der Waals surface area contributed by atoms with Crippen molar-refractivity contribution < 1.29 is 13.9 Å². The van der Waals surface area contributed by atoms with Crippen LogP contribution in [0.1, 0.15) is 24.5 Å². The molecule has 2 rings (SSSR count). The van der Waals surface area contributed by atoms with Crippen LogP contribution in [0.5, 0.6) is 5.75 Å². The molecular weight excluding hydrogens is 232 g/mol. The number of hydrogen-bond acceptors (Lipinski definition) is 4. The number of hydrogen-bond donors (Lipinski definition) is 0. The Hall–Kier alpha value is -2.10. The van der Waals surface area contributed by atoms with E-state index in [4.69, 9.17) is 9.15 Å². The second kappa shape index (κ2) is 4.64. The van der Waals surface area contributed by atoms with E-state index in [0.717, 1.165) is 10.9 Å². The van der Waals surface area contributed by atoms with Gasteiger partial charge in [-0.2, -0.15) is 0 Å². The van der Waals surface area contributed by atoms with Crippen LogP contribution in [-0.4, -0.2) is 5.97 Å². The topological polar surface area (TPSA) is 56.5 Å². The summed E-state index contributed by atoms with van der Waals surface area (Å²) in [6.45, 7) is 5.31. The Kier molecular flexibility index (Phi) is 3.19. The van der Waals surface area contributed by atoms with Gasteiger partial charge in [-0.1, -0.05) is 6.92 Å². The standard InChI is InChI=1S/C14H14O4/c1-4-13(15)17-10-5-6-11-8(2)9(3)14(16)18-12(11)7-10/h5-7H,4H2,1-3H3. The second-order valence-electron chi connectivity index (χ2n) is 4.13. The second-order valence-corrected chi connectivity index (χ2v) is 4.13. The lowest BCUT2D eigenvalue weighted by Crippen LogP contribution is -2.07. The van der Waals surface area contributed by atoms with Gasteiger partial charge in [0.2, 0.25) is 0 Å². The van der Waals surface area contributed by atoms with Gasteiger partial charge >= 0.3 is 11.6 Å². The molecule has 1 aromatic carbocycles. The molecule has 0 radical (unpaired) electrons. The first kappa shape index (κ1) is 12.4. The molecule has 1 aromatic heterocycles. The molecule has 0 aliphatic carbocycles. The summed E-state index contributed by atoms with van der Waals surface area (Å²) in [7, 11) is 0. The van der Waals surface area contributed by atoms with Gasteiger partial charge in [-0.15, -0.1) is 0 Å². The number of carbonyl (C=O) groups is 1. The predicted octanol–water partition coefficient (Wildman–Crippen LogP) is 2.73. The van der Waals surface area contributed by atoms with Gasteiger partial charge in [0, 0.05) is 23.4 Å². The van der Waals surface area contributed by atoms with Crippen LogP contribution in [0.4, 0.5) is 0 Å². The Labute approximate surface area is 104 Å². The summed E-state index contributed by atoms with van der Waals surface area (Å²) in [5.74, 6) is 0.0706. The van der Waals surface area contributed by atoms with Gasteiger partial charge in [-0.25, -0.2) is 4.79 Å². The van der Waals surface area contributed by atoms with Gasteiger partial charge in [0.1, 0.15) is 11.3 Å². The molecule has 0 saturated carbocycles. The molecule has 0 fully saturated rings. The van der Waals surface area contributed by atoms with E-state index in [2.05, 4.69) is 0 Å². The lowest BCUT2D eigenvalue weighted by atomic mass is 10.1. The zero-order valence-corrected chi connectivity index (χ0v) is 10.6. The highest BCUT2D eigenvalue weighted by Gasteiger charge is 2.09. The van der Waals surface area contributed by atoms with E-state index in [1.807, 2.05) is 6.92 Å². The first-order chi connectivity index (χ1) is 8.52. The molecule has 0 aliphatic rings. The summed E-state index contributed by atoms with van der Waals surface area (Å²) in [6.07, 6.45) is 0.301. The quantitative estimate of drug-likeness (QED) is 0.464. The maximum Gasteiger partial charge on any atom is 0.339 e. The van der Waals surface area contributed by atoms with Crippen molar-refractivity contribution in [3.63, 3.8) is 0 Å². The molecule has 94 valence electrons. The SMILES string of the molecule is CCC(=O)Oc1ccc2c(C)c(C)c(=O)oc2c1. The third kappa shape index (κ3) is 2.14. The molecule has 18 heavy (non-hydrogen) atoms. The highest BCUT2D eigenvalue weighted by atomic mass is 16.5. The summed E-state index contributed by atoms with van der Waals surface area (Å²) >= 11 is 0. The Morgan fingerprint density at radius 3 is 2.67 bits per heavy atom. The Balaban J connectivity index is 2.56. The third-order valence-corrected chi connectivity index (χ3v) is 2.95. The monoisotopic (exact) mass is 246 g/mol. The summed E-state index contributed by atoms with van der Waals surface area (Å²) in [5, 5.41) is 0.850. The normalized spacial score (nSPS) is 10.6. The molecule has 0 spiro atoms. The highest BCUT2D eigenvalue weighted by molar-refractivity contribution is 5.83.